The molecule has 2 aromatic rings. The second kappa shape index (κ2) is 9.86. The number of para-hydroxylation sites is 1. The van der Waals surface area contributed by atoms with Crippen LogP contribution in [0.4, 0.5) is 5.69 Å². The SMILES string of the molecule is CC[C@@H](C)c1ccccc1NC(=O)CCc1cc(OC)c(OC)c(OC)c1. The fourth-order valence-corrected chi connectivity index (χ4v) is 3.01. The summed E-state index contributed by atoms with van der Waals surface area (Å²) in [5.41, 5.74) is 3.01. The van der Waals surface area contributed by atoms with Crippen LogP contribution in [0.5, 0.6) is 17.2 Å². The number of aryl methyl sites for hydroxylation is 1. The van der Waals surface area contributed by atoms with Gasteiger partial charge in [-0.25, -0.2) is 0 Å². The lowest BCUT2D eigenvalue weighted by molar-refractivity contribution is -0.116. The van der Waals surface area contributed by atoms with E-state index in [2.05, 4.69) is 25.2 Å². The van der Waals surface area contributed by atoms with E-state index in [0.717, 1.165) is 17.7 Å². The van der Waals surface area contributed by atoms with Crippen LogP contribution >= 0.6 is 0 Å². The molecule has 0 saturated heterocycles. The molecule has 0 aliphatic rings. The van der Waals surface area contributed by atoms with Crippen LogP contribution < -0.4 is 19.5 Å². The number of carbonyl (C=O) groups is 1. The quantitative estimate of drug-likeness (QED) is 0.688. The molecule has 2 rings (SSSR count). The molecule has 1 atom stereocenters. The van der Waals surface area contributed by atoms with E-state index in [1.807, 2.05) is 30.3 Å². The van der Waals surface area contributed by atoms with Crippen molar-refractivity contribution in [1.82, 2.24) is 0 Å². The molecule has 0 aromatic heterocycles. The molecular weight excluding hydrogens is 342 g/mol. The number of methoxy groups -OCH3 is 3. The van der Waals surface area contributed by atoms with Crippen molar-refractivity contribution in [1.29, 1.82) is 0 Å². The van der Waals surface area contributed by atoms with E-state index < -0.39 is 0 Å². The van der Waals surface area contributed by atoms with Gasteiger partial charge in [-0.2, -0.15) is 0 Å². The highest BCUT2D eigenvalue weighted by Crippen LogP contribution is 2.38. The second-order valence-corrected chi connectivity index (χ2v) is 6.48. The Morgan fingerprint density at radius 1 is 1.04 bits per heavy atom. The standard InChI is InChI=1S/C22H29NO4/c1-6-15(2)17-9-7-8-10-18(17)23-21(24)12-11-16-13-19(25-3)22(27-5)20(14-16)26-4/h7-10,13-15H,6,11-12H2,1-5H3,(H,23,24)/t15-/m1/s1. The molecule has 0 bridgehead atoms. The van der Waals surface area contributed by atoms with E-state index in [9.17, 15) is 4.79 Å². The van der Waals surface area contributed by atoms with Crippen LogP contribution in [-0.4, -0.2) is 27.2 Å². The number of anilines is 1. The third kappa shape index (κ3) is 5.16. The van der Waals surface area contributed by atoms with Crippen molar-refractivity contribution in [3.8, 4) is 17.2 Å². The molecule has 0 aliphatic carbocycles. The van der Waals surface area contributed by atoms with Gasteiger partial charge in [0.1, 0.15) is 0 Å². The van der Waals surface area contributed by atoms with Gasteiger partial charge >= 0.3 is 0 Å². The number of nitrogens with one attached hydrogen (secondary N) is 1. The van der Waals surface area contributed by atoms with Gasteiger partial charge in [-0.3, -0.25) is 4.79 Å². The molecule has 0 spiro atoms. The molecule has 0 fully saturated rings. The molecule has 1 N–H and O–H groups in total. The van der Waals surface area contributed by atoms with Crippen LogP contribution in [0.15, 0.2) is 36.4 Å². The van der Waals surface area contributed by atoms with E-state index in [1.54, 1.807) is 21.3 Å². The zero-order chi connectivity index (χ0) is 19.8. The van der Waals surface area contributed by atoms with Gasteiger partial charge in [-0.15, -0.1) is 0 Å². The number of carbonyl (C=O) groups excluding carboxylic acids is 1. The first-order valence-electron chi connectivity index (χ1n) is 9.21. The maximum atomic E-state index is 12.5. The Kier molecular flexibility index (Phi) is 7.53. The topological polar surface area (TPSA) is 56.8 Å². The summed E-state index contributed by atoms with van der Waals surface area (Å²) >= 11 is 0. The van der Waals surface area contributed by atoms with E-state index >= 15 is 0 Å². The van der Waals surface area contributed by atoms with E-state index in [-0.39, 0.29) is 5.91 Å². The number of hydrogen-bond donors (Lipinski definition) is 1. The molecule has 0 saturated carbocycles. The summed E-state index contributed by atoms with van der Waals surface area (Å²) in [7, 11) is 4.74. The second-order valence-electron chi connectivity index (χ2n) is 6.48. The van der Waals surface area contributed by atoms with E-state index in [1.165, 1.54) is 5.56 Å². The van der Waals surface area contributed by atoms with Gasteiger partial charge in [-0.1, -0.05) is 32.0 Å². The highest BCUT2D eigenvalue weighted by molar-refractivity contribution is 5.91. The summed E-state index contributed by atoms with van der Waals surface area (Å²) < 4.78 is 16.1. The van der Waals surface area contributed by atoms with Crippen molar-refractivity contribution < 1.29 is 19.0 Å². The average Bonchev–Trinajstić information content (AvgIpc) is 2.71. The molecule has 146 valence electrons. The lowest BCUT2D eigenvalue weighted by Crippen LogP contribution is -2.14. The van der Waals surface area contributed by atoms with E-state index in [4.69, 9.17) is 14.2 Å². The van der Waals surface area contributed by atoms with Gasteiger partial charge in [-0.05, 0) is 48.1 Å². The number of rotatable bonds is 9. The first-order chi connectivity index (χ1) is 13.0. The van der Waals surface area contributed by atoms with Gasteiger partial charge < -0.3 is 19.5 Å². The number of hydrogen-bond acceptors (Lipinski definition) is 4. The lowest BCUT2D eigenvalue weighted by Gasteiger charge is -2.16. The fourth-order valence-electron chi connectivity index (χ4n) is 3.01. The molecule has 27 heavy (non-hydrogen) atoms. The lowest BCUT2D eigenvalue weighted by atomic mass is 9.97. The van der Waals surface area contributed by atoms with Crippen LogP contribution in [-0.2, 0) is 11.2 Å². The normalized spacial score (nSPS) is 11.6. The Morgan fingerprint density at radius 2 is 1.67 bits per heavy atom. The van der Waals surface area contributed by atoms with Gasteiger partial charge in [0.25, 0.3) is 0 Å². The highest BCUT2D eigenvalue weighted by atomic mass is 16.5. The molecule has 5 nitrogen and oxygen atoms in total. The molecular formula is C22H29NO4. The zero-order valence-electron chi connectivity index (χ0n) is 16.8. The Hall–Kier alpha value is -2.69. The number of amides is 1. The summed E-state index contributed by atoms with van der Waals surface area (Å²) in [6.07, 6.45) is 1.97. The largest absolute Gasteiger partial charge is 0.493 e. The summed E-state index contributed by atoms with van der Waals surface area (Å²) in [6, 6.07) is 11.7. The molecule has 0 heterocycles. The van der Waals surface area contributed by atoms with Crippen LogP contribution in [0.25, 0.3) is 0 Å². The van der Waals surface area contributed by atoms with Gasteiger partial charge in [0, 0.05) is 12.1 Å². The van der Waals surface area contributed by atoms with Crippen molar-refractivity contribution in [3.63, 3.8) is 0 Å². The average molecular weight is 371 g/mol. The minimum absolute atomic E-state index is 0.0143. The van der Waals surface area contributed by atoms with E-state index in [0.29, 0.717) is 36.0 Å². The Balaban J connectivity index is 2.08. The maximum Gasteiger partial charge on any atom is 0.224 e. The smallest absolute Gasteiger partial charge is 0.224 e. The van der Waals surface area contributed by atoms with Gasteiger partial charge in [0.15, 0.2) is 11.5 Å². The summed E-state index contributed by atoms with van der Waals surface area (Å²) in [4.78, 5) is 12.5. The fraction of sp³-hybridized carbons (Fsp3) is 0.409. The molecule has 0 unspecified atom stereocenters. The van der Waals surface area contributed by atoms with Crippen molar-refractivity contribution in [3.05, 3.63) is 47.5 Å². The third-order valence-corrected chi connectivity index (χ3v) is 4.74. The summed E-state index contributed by atoms with van der Waals surface area (Å²) in [5, 5.41) is 3.05. The highest BCUT2D eigenvalue weighted by Gasteiger charge is 2.15. The van der Waals surface area contributed by atoms with Crippen molar-refractivity contribution in [2.45, 2.75) is 39.0 Å². The van der Waals surface area contributed by atoms with Crippen molar-refractivity contribution in [2.75, 3.05) is 26.6 Å². The van der Waals surface area contributed by atoms with Crippen molar-refractivity contribution in [2.24, 2.45) is 0 Å². The zero-order valence-corrected chi connectivity index (χ0v) is 16.8. The van der Waals surface area contributed by atoms with Gasteiger partial charge in [0.05, 0.1) is 21.3 Å². The Labute approximate surface area is 161 Å². The monoisotopic (exact) mass is 371 g/mol. The Bertz CT molecular complexity index is 748. The number of benzene rings is 2. The predicted molar refractivity (Wildman–Crippen MR) is 108 cm³/mol. The summed E-state index contributed by atoms with van der Waals surface area (Å²) in [5.74, 6) is 2.12. The Morgan fingerprint density at radius 3 is 2.22 bits per heavy atom. The minimum Gasteiger partial charge on any atom is -0.493 e. The first-order valence-corrected chi connectivity index (χ1v) is 9.21. The predicted octanol–water partition coefficient (Wildman–Crippen LogP) is 4.80. The number of ether oxygens (including phenoxy) is 3. The van der Waals surface area contributed by atoms with Crippen LogP contribution in [0.1, 0.15) is 43.7 Å². The first kappa shape index (κ1) is 20.6. The van der Waals surface area contributed by atoms with Crippen LogP contribution in [0.3, 0.4) is 0 Å². The summed E-state index contributed by atoms with van der Waals surface area (Å²) in [6.45, 7) is 4.31. The maximum absolute atomic E-state index is 12.5. The third-order valence-electron chi connectivity index (χ3n) is 4.74. The van der Waals surface area contributed by atoms with Crippen LogP contribution in [0, 0.1) is 0 Å². The minimum atomic E-state index is -0.0143. The molecule has 0 aliphatic heterocycles. The van der Waals surface area contributed by atoms with Gasteiger partial charge in [0.2, 0.25) is 11.7 Å². The molecule has 1 amide bonds. The molecule has 0 radical (unpaired) electrons. The molecule has 2 aromatic carbocycles. The van der Waals surface area contributed by atoms with Crippen molar-refractivity contribution >= 4 is 11.6 Å². The van der Waals surface area contributed by atoms with Crippen LogP contribution in [0.2, 0.25) is 0 Å². The molecule has 5 heteroatoms.